The highest BCUT2D eigenvalue weighted by molar-refractivity contribution is 7.20. The third-order valence-electron chi connectivity index (χ3n) is 4.15. The number of fused-ring (bicyclic) bond motifs is 1. The van der Waals surface area contributed by atoms with E-state index in [-0.39, 0.29) is 12.5 Å². The summed E-state index contributed by atoms with van der Waals surface area (Å²) in [5.74, 6) is 0.636. The summed E-state index contributed by atoms with van der Waals surface area (Å²) >= 11 is 1.40. The molecule has 0 spiro atoms. The molecule has 0 aliphatic heterocycles. The van der Waals surface area contributed by atoms with E-state index >= 15 is 0 Å². The highest BCUT2D eigenvalue weighted by Gasteiger charge is 2.23. The van der Waals surface area contributed by atoms with E-state index in [4.69, 9.17) is 0 Å². The van der Waals surface area contributed by atoms with E-state index in [0.717, 1.165) is 27.0 Å². The number of aryl methyl sites for hydroxylation is 3. The normalized spacial score (nSPS) is 11.0. The molecule has 0 aliphatic carbocycles. The van der Waals surface area contributed by atoms with Crippen LogP contribution in [0.25, 0.3) is 10.2 Å². The highest BCUT2D eigenvalue weighted by atomic mass is 32.1. The first-order valence-electron chi connectivity index (χ1n) is 8.19. The van der Waals surface area contributed by atoms with Crippen molar-refractivity contribution in [2.24, 2.45) is 0 Å². The number of nitrogens with zero attached hydrogens (tertiary/aromatic N) is 3. The maximum atomic E-state index is 13.1. The van der Waals surface area contributed by atoms with E-state index in [1.807, 2.05) is 51.1 Å². The maximum Gasteiger partial charge on any atom is 0.264 e. The lowest BCUT2D eigenvalue weighted by Gasteiger charge is -2.21. The van der Waals surface area contributed by atoms with E-state index in [0.29, 0.717) is 23.8 Å². The van der Waals surface area contributed by atoms with Crippen LogP contribution in [-0.2, 0) is 6.54 Å². The van der Waals surface area contributed by atoms with Gasteiger partial charge in [0.05, 0.1) is 11.5 Å². The Morgan fingerprint density at radius 2 is 1.88 bits per heavy atom. The Hall–Kier alpha value is -2.31. The number of aromatic nitrogens is 2. The van der Waals surface area contributed by atoms with E-state index in [9.17, 15) is 9.90 Å². The minimum absolute atomic E-state index is 0.0690. The second-order valence-corrected chi connectivity index (χ2v) is 7.03. The molecule has 0 radical (unpaired) electrons. The smallest absolute Gasteiger partial charge is 0.264 e. The molecule has 0 fully saturated rings. The number of aliphatic hydroxyl groups excluding tert-OH is 1. The first kappa shape index (κ1) is 17.5. The number of aliphatic hydroxyl groups is 1. The number of hydrogen-bond acceptors (Lipinski definition) is 5. The molecule has 2 heterocycles. The number of rotatable bonds is 5. The number of benzene rings is 1. The van der Waals surface area contributed by atoms with E-state index < -0.39 is 0 Å². The molecule has 1 amide bonds. The van der Waals surface area contributed by atoms with Crippen molar-refractivity contribution in [1.82, 2.24) is 14.9 Å². The van der Waals surface area contributed by atoms with E-state index in [1.165, 1.54) is 11.3 Å². The molecule has 5 nitrogen and oxygen atoms in total. The van der Waals surface area contributed by atoms with Crippen LogP contribution in [0.15, 0.2) is 30.3 Å². The fourth-order valence-corrected chi connectivity index (χ4v) is 4.24. The lowest BCUT2D eigenvalue weighted by atomic mass is 10.1. The number of hydrogen-bond donors (Lipinski definition) is 1. The molecule has 1 aromatic carbocycles. The summed E-state index contributed by atoms with van der Waals surface area (Å²) in [6, 6.07) is 9.80. The molecule has 0 saturated carbocycles. The van der Waals surface area contributed by atoms with Gasteiger partial charge in [0, 0.05) is 24.2 Å². The number of thiophene rings is 1. The van der Waals surface area contributed by atoms with Crippen LogP contribution >= 0.6 is 11.3 Å². The van der Waals surface area contributed by atoms with Gasteiger partial charge in [-0.2, -0.15) is 0 Å². The standard InChI is InChI=1S/C19H21N3O2S/c1-12-16-13(2)20-14(3)21-18(16)25-17(12)19(24)22(9-10-23)11-15-7-5-4-6-8-15/h4-8,23H,9-11H2,1-3H3. The molecular weight excluding hydrogens is 334 g/mol. The van der Waals surface area contributed by atoms with Crippen LogP contribution < -0.4 is 0 Å². The molecule has 25 heavy (non-hydrogen) atoms. The molecule has 2 aromatic heterocycles. The Kier molecular flexibility index (Phi) is 5.11. The Labute approximate surface area is 151 Å². The summed E-state index contributed by atoms with van der Waals surface area (Å²) in [7, 11) is 0. The molecule has 3 rings (SSSR count). The van der Waals surface area contributed by atoms with Gasteiger partial charge in [-0.1, -0.05) is 30.3 Å². The fourth-order valence-electron chi connectivity index (χ4n) is 3.00. The second kappa shape index (κ2) is 7.29. The molecule has 1 N–H and O–H groups in total. The third kappa shape index (κ3) is 3.55. The van der Waals surface area contributed by atoms with Crippen molar-refractivity contribution < 1.29 is 9.90 Å². The largest absolute Gasteiger partial charge is 0.395 e. The van der Waals surface area contributed by atoms with Crippen LogP contribution in [0.1, 0.15) is 32.3 Å². The van der Waals surface area contributed by atoms with Gasteiger partial charge in [-0.3, -0.25) is 4.79 Å². The van der Waals surface area contributed by atoms with Crippen LogP contribution in [0, 0.1) is 20.8 Å². The van der Waals surface area contributed by atoms with Gasteiger partial charge in [-0.05, 0) is 31.9 Å². The Bertz CT molecular complexity index is 906. The summed E-state index contributed by atoms with van der Waals surface area (Å²) in [5.41, 5.74) is 2.85. The summed E-state index contributed by atoms with van der Waals surface area (Å²) in [6.07, 6.45) is 0. The number of amides is 1. The van der Waals surface area contributed by atoms with Gasteiger partial charge >= 0.3 is 0 Å². The lowest BCUT2D eigenvalue weighted by Crippen LogP contribution is -2.33. The maximum absolute atomic E-state index is 13.1. The van der Waals surface area contributed by atoms with Crippen molar-refractivity contribution in [1.29, 1.82) is 0 Å². The first-order valence-corrected chi connectivity index (χ1v) is 9.01. The summed E-state index contributed by atoms with van der Waals surface area (Å²) in [6.45, 7) is 6.44. The van der Waals surface area contributed by atoms with E-state index in [1.54, 1.807) is 4.90 Å². The van der Waals surface area contributed by atoms with Gasteiger partial charge in [-0.15, -0.1) is 11.3 Å². The summed E-state index contributed by atoms with van der Waals surface area (Å²) in [4.78, 5) is 25.2. The zero-order chi connectivity index (χ0) is 18.0. The quantitative estimate of drug-likeness (QED) is 0.763. The van der Waals surface area contributed by atoms with Gasteiger partial charge in [0.15, 0.2) is 0 Å². The molecule has 0 unspecified atom stereocenters. The summed E-state index contributed by atoms with van der Waals surface area (Å²) in [5, 5.41) is 10.3. The average Bonchev–Trinajstić information content (AvgIpc) is 2.91. The van der Waals surface area contributed by atoms with Gasteiger partial charge in [0.25, 0.3) is 5.91 Å². The zero-order valence-corrected chi connectivity index (χ0v) is 15.4. The molecule has 3 aromatic rings. The third-order valence-corrected chi connectivity index (χ3v) is 5.32. The molecular formula is C19H21N3O2S. The molecule has 0 bridgehead atoms. The van der Waals surface area contributed by atoms with Crippen LogP contribution in [0.3, 0.4) is 0 Å². The zero-order valence-electron chi connectivity index (χ0n) is 14.6. The Morgan fingerprint density at radius 3 is 2.56 bits per heavy atom. The van der Waals surface area contributed by atoms with Crippen LogP contribution in [0.2, 0.25) is 0 Å². The predicted molar refractivity (Wildman–Crippen MR) is 99.9 cm³/mol. The SMILES string of the molecule is Cc1nc(C)c2c(C)c(C(=O)N(CCO)Cc3ccccc3)sc2n1. The second-order valence-electron chi connectivity index (χ2n) is 6.03. The van der Waals surface area contributed by atoms with Crippen molar-refractivity contribution in [2.75, 3.05) is 13.2 Å². The van der Waals surface area contributed by atoms with Crippen LogP contribution in [0.5, 0.6) is 0 Å². The van der Waals surface area contributed by atoms with E-state index in [2.05, 4.69) is 9.97 Å². The van der Waals surface area contributed by atoms with Crippen LogP contribution in [-0.4, -0.2) is 39.0 Å². The molecule has 0 saturated heterocycles. The first-order chi connectivity index (χ1) is 12.0. The Morgan fingerprint density at radius 1 is 1.16 bits per heavy atom. The molecule has 130 valence electrons. The minimum atomic E-state index is -0.0737. The minimum Gasteiger partial charge on any atom is -0.395 e. The summed E-state index contributed by atoms with van der Waals surface area (Å²) < 4.78 is 0. The molecule has 0 aliphatic rings. The number of carbonyl (C=O) groups excluding carboxylic acids is 1. The Balaban J connectivity index is 1.98. The predicted octanol–water partition coefficient (Wildman–Crippen LogP) is 3.25. The van der Waals surface area contributed by atoms with Crippen LogP contribution in [0.4, 0.5) is 0 Å². The molecule has 6 heteroatoms. The van der Waals surface area contributed by atoms with Gasteiger partial charge < -0.3 is 10.0 Å². The van der Waals surface area contributed by atoms with Crippen molar-refractivity contribution in [2.45, 2.75) is 27.3 Å². The van der Waals surface area contributed by atoms with Gasteiger partial charge in [-0.25, -0.2) is 9.97 Å². The van der Waals surface area contributed by atoms with Crippen molar-refractivity contribution in [3.05, 3.63) is 57.9 Å². The van der Waals surface area contributed by atoms with Crippen molar-refractivity contribution >= 4 is 27.5 Å². The topological polar surface area (TPSA) is 66.3 Å². The fraction of sp³-hybridized carbons (Fsp3) is 0.316. The average molecular weight is 355 g/mol. The van der Waals surface area contributed by atoms with Gasteiger partial charge in [0.1, 0.15) is 10.7 Å². The highest BCUT2D eigenvalue weighted by Crippen LogP contribution is 2.32. The molecule has 0 atom stereocenters. The number of carbonyl (C=O) groups is 1. The monoisotopic (exact) mass is 355 g/mol. The lowest BCUT2D eigenvalue weighted by molar-refractivity contribution is 0.0712. The van der Waals surface area contributed by atoms with Crippen molar-refractivity contribution in [3.63, 3.8) is 0 Å². The van der Waals surface area contributed by atoms with Crippen molar-refractivity contribution in [3.8, 4) is 0 Å². The van der Waals surface area contributed by atoms with Gasteiger partial charge in [0.2, 0.25) is 0 Å².